The normalized spacial score (nSPS) is 19.2. The Morgan fingerprint density at radius 1 is 1.68 bits per heavy atom. The van der Waals surface area contributed by atoms with Crippen LogP contribution in [0.1, 0.15) is 25.3 Å². The second kappa shape index (κ2) is 8.36. The minimum absolute atomic E-state index is 0. The van der Waals surface area contributed by atoms with Crippen LogP contribution in [0.3, 0.4) is 0 Å². The highest BCUT2D eigenvalue weighted by atomic mass is 127. The average molecular weight is 379 g/mol. The van der Waals surface area contributed by atoms with Crippen LogP contribution < -0.4 is 11.1 Å². The zero-order chi connectivity index (χ0) is 12.8. The Morgan fingerprint density at radius 2 is 2.53 bits per heavy atom. The van der Waals surface area contributed by atoms with Crippen LogP contribution in [-0.4, -0.2) is 35.0 Å². The molecule has 2 heterocycles. The van der Waals surface area contributed by atoms with Gasteiger partial charge in [0.1, 0.15) is 0 Å². The summed E-state index contributed by atoms with van der Waals surface area (Å²) < 4.78 is 7.37. The summed E-state index contributed by atoms with van der Waals surface area (Å²) >= 11 is 0. The van der Waals surface area contributed by atoms with E-state index in [9.17, 15) is 0 Å². The predicted molar refractivity (Wildman–Crippen MR) is 85.6 cm³/mol. The Labute approximate surface area is 130 Å². The third-order valence-electron chi connectivity index (χ3n) is 2.98. The molecule has 1 atom stereocenters. The van der Waals surface area contributed by atoms with E-state index in [1.807, 2.05) is 17.1 Å². The molecule has 0 spiro atoms. The summed E-state index contributed by atoms with van der Waals surface area (Å²) in [6.45, 7) is 5.08. The maximum Gasteiger partial charge on any atom is 0.189 e. The maximum atomic E-state index is 5.80. The van der Waals surface area contributed by atoms with Gasteiger partial charge in [0.05, 0.1) is 18.8 Å². The topological polar surface area (TPSA) is 77.5 Å². The summed E-state index contributed by atoms with van der Waals surface area (Å²) in [5.74, 6) is 0.467. The molecular weight excluding hydrogens is 357 g/mol. The van der Waals surface area contributed by atoms with Crippen LogP contribution in [0.2, 0.25) is 0 Å². The van der Waals surface area contributed by atoms with Crippen LogP contribution in [0.25, 0.3) is 0 Å². The molecule has 0 radical (unpaired) electrons. The molecule has 0 bridgehead atoms. The number of nitrogens with one attached hydrogen (secondary N) is 1. The van der Waals surface area contributed by atoms with E-state index < -0.39 is 0 Å². The van der Waals surface area contributed by atoms with Crippen molar-refractivity contribution in [3.63, 3.8) is 0 Å². The third kappa shape index (κ3) is 5.35. The van der Waals surface area contributed by atoms with Crippen LogP contribution in [0.5, 0.6) is 0 Å². The molecule has 1 fully saturated rings. The fourth-order valence-electron chi connectivity index (χ4n) is 1.92. The highest BCUT2D eigenvalue weighted by Crippen LogP contribution is 2.10. The molecule has 1 saturated heterocycles. The van der Waals surface area contributed by atoms with Crippen molar-refractivity contribution in [1.82, 2.24) is 15.1 Å². The lowest BCUT2D eigenvalue weighted by atomic mass is 10.2. The lowest BCUT2D eigenvalue weighted by molar-refractivity contribution is 0.114. The Hall–Kier alpha value is -0.830. The van der Waals surface area contributed by atoms with Gasteiger partial charge in [0.15, 0.2) is 5.96 Å². The lowest BCUT2D eigenvalue weighted by Crippen LogP contribution is -2.37. The van der Waals surface area contributed by atoms with Crippen LogP contribution in [0.4, 0.5) is 0 Å². The minimum atomic E-state index is 0. The molecule has 1 unspecified atom stereocenters. The van der Waals surface area contributed by atoms with Gasteiger partial charge in [0.25, 0.3) is 0 Å². The molecule has 1 aromatic heterocycles. The summed E-state index contributed by atoms with van der Waals surface area (Å²) in [6, 6.07) is 0. The average Bonchev–Trinajstić information content (AvgIpc) is 3.04. The number of rotatable bonds is 5. The third-order valence-corrected chi connectivity index (χ3v) is 2.98. The number of guanidine groups is 1. The number of aliphatic imine (C=N–C) groups is 1. The van der Waals surface area contributed by atoms with Crippen molar-refractivity contribution in [1.29, 1.82) is 0 Å². The summed E-state index contributed by atoms with van der Waals surface area (Å²) in [5, 5.41) is 7.28. The van der Waals surface area contributed by atoms with Gasteiger partial charge in [-0.15, -0.1) is 24.0 Å². The molecule has 1 aromatic rings. The van der Waals surface area contributed by atoms with E-state index in [4.69, 9.17) is 10.5 Å². The van der Waals surface area contributed by atoms with E-state index in [-0.39, 0.29) is 30.1 Å². The van der Waals surface area contributed by atoms with Crippen molar-refractivity contribution in [2.45, 2.75) is 39.0 Å². The molecule has 0 aromatic carbocycles. The molecule has 0 saturated carbocycles. The standard InChI is InChI=1S/C12H21N5O.HI/c1-2-17-9-10(7-16-17)6-14-12(13)15-8-11-4-3-5-18-11;/h7,9,11H,2-6,8H2,1H3,(H3,13,14,15);1H. The van der Waals surface area contributed by atoms with Crippen LogP contribution >= 0.6 is 24.0 Å². The number of hydrogen-bond donors (Lipinski definition) is 2. The van der Waals surface area contributed by atoms with E-state index >= 15 is 0 Å². The van der Waals surface area contributed by atoms with Crippen molar-refractivity contribution in [2.75, 3.05) is 13.2 Å². The van der Waals surface area contributed by atoms with Gasteiger partial charge in [-0.2, -0.15) is 5.10 Å². The summed E-state index contributed by atoms with van der Waals surface area (Å²) in [5.41, 5.74) is 6.86. The van der Waals surface area contributed by atoms with Gasteiger partial charge in [0.2, 0.25) is 0 Å². The van der Waals surface area contributed by atoms with Crippen molar-refractivity contribution in [2.24, 2.45) is 10.7 Å². The number of hydrogen-bond acceptors (Lipinski definition) is 3. The SMILES string of the molecule is CCn1cc(CN=C(N)NCC2CCCO2)cn1.I. The van der Waals surface area contributed by atoms with Crippen LogP contribution in [0, 0.1) is 0 Å². The monoisotopic (exact) mass is 379 g/mol. The number of nitrogens with two attached hydrogens (primary N) is 1. The second-order valence-corrected chi connectivity index (χ2v) is 4.42. The van der Waals surface area contributed by atoms with Crippen molar-refractivity contribution < 1.29 is 4.74 Å². The van der Waals surface area contributed by atoms with Gasteiger partial charge < -0.3 is 15.8 Å². The van der Waals surface area contributed by atoms with Gasteiger partial charge in [-0.25, -0.2) is 4.99 Å². The van der Waals surface area contributed by atoms with E-state index in [1.165, 1.54) is 0 Å². The van der Waals surface area contributed by atoms with Gasteiger partial charge in [-0.3, -0.25) is 4.68 Å². The highest BCUT2D eigenvalue weighted by Gasteiger charge is 2.14. The van der Waals surface area contributed by atoms with Gasteiger partial charge in [-0.1, -0.05) is 0 Å². The van der Waals surface area contributed by atoms with Gasteiger partial charge in [0, 0.05) is 31.5 Å². The zero-order valence-corrected chi connectivity index (χ0v) is 13.5. The molecule has 1 aliphatic heterocycles. The highest BCUT2D eigenvalue weighted by molar-refractivity contribution is 14.0. The summed E-state index contributed by atoms with van der Waals surface area (Å²) in [7, 11) is 0. The molecule has 6 nitrogen and oxygen atoms in total. The first kappa shape index (κ1) is 16.2. The van der Waals surface area contributed by atoms with Crippen molar-refractivity contribution in [3.05, 3.63) is 18.0 Å². The maximum absolute atomic E-state index is 5.80. The van der Waals surface area contributed by atoms with E-state index in [2.05, 4.69) is 22.3 Å². The quantitative estimate of drug-likeness (QED) is 0.457. The molecule has 3 N–H and O–H groups in total. The molecule has 1 aliphatic rings. The molecular formula is C12H22IN5O. The Balaban J connectivity index is 0.00000180. The Bertz CT molecular complexity index is 401. The first-order chi connectivity index (χ1) is 8.78. The molecule has 0 amide bonds. The van der Waals surface area contributed by atoms with Crippen molar-refractivity contribution in [3.8, 4) is 0 Å². The molecule has 7 heteroatoms. The number of ether oxygens (including phenoxy) is 1. The number of nitrogens with zero attached hydrogens (tertiary/aromatic N) is 3. The van der Waals surface area contributed by atoms with Gasteiger partial charge >= 0.3 is 0 Å². The van der Waals surface area contributed by atoms with E-state index in [0.717, 1.165) is 38.1 Å². The Morgan fingerprint density at radius 3 is 3.16 bits per heavy atom. The second-order valence-electron chi connectivity index (χ2n) is 4.42. The van der Waals surface area contributed by atoms with Crippen LogP contribution in [0.15, 0.2) is 17.4 Å². The fraction of sp³-hybridized carbons (Fsp3) is 0.667. The first-order valence-corrected chi connectivity index (χ1v) is 6.44. The molecule has 0 aliphatic carbocycles. The summed E-state index contributed by atoms with van der Waals surface area (Å²) in [4.78, 5) is 4.28. The smallest absolute Gasteiger partial charge is 0.189 e. The Kier molecular flexibility index (Phi) is 7.14. The van der Waals surface area contributed by atoms with E-state index in [0.29, 0.717) is 12.5 Å². The zero-order valence-electron chi connectivity index (χ0n) is 11.2. The largest absolute Gasteiger partial charge is 0.376 e. The first-order valence-electron chi connectivity index (χ1n) is 6.44. The molecule has 108 valence electrons. The number of aromatic nitrogens is 2. The predicted octanol–water partition coefficient (Wildman–Crippen LogP) is 1.10. The minimum Gasteiger partial charge on any atom is -0.376 e. The van der Waals surface area contributed by atoms with Crippen LogP contribution in [-0.2, 0) is 17.8 Å². The number of aryl methyl sites for hydroxylation is 1. The molecule has 2 rings (SSSR count). The van der Waals surface area contributed by atoms with E-state index in [1.54, 1.807) is 0 Å². The van der Waals surface area contributed by atoms with Crippen molar-refractivity contribution >= 4 is 29.9 Å². The van der Waals surface area contributed by atoms with Gasteiger partial charge in [-0.05, 0) is 19.8 Å². The lowest BCUT2D eigenvalue weighted by Gasteiger charge is -2.10. The fourth-order valence-corrected chi connectivity index (χ4v) is 1.92. The number of halogens is 1. The molecule has 19 heavy (non-hydrogen) atoms. The summed E-state index contributed by atoms with van der Waals surface area (Å²) in [6.07, 6.45) is 6.32.